The van der Waals surface area contributed by atoms with Gasteiger partial charge in [-0.2, -0.15) is 0 Å². The molecule has 0 atom stereocenters. The molecule has 10 heavy (non-hydrogen) atoms. The summed E-state index contributed by atoms with van der Waals surface area (Å²) < 4.78 is 5.29. The van der Waals surface area contributed by atoms with Crippen molar-refractivity contribution < 1.29 is 4.42 Å². The first-order valence-electron chi connectivity index (χ1n) is 3.51. The molecular weight excluding hydrogens is 128 g/mol. The molecule has 0 saturated heterocycles. The first-order chi connectivity index (χ1) is 4.71. The van der Waals surface area contributed by atoms with E-state index in [1.165, 1.54) is 12.8 Å². The quantitative estimate of drug-likeness (QED) is 0.589. The van der Waals surface area contributed by atoms with E-state index in [1.54, 1.807) is 0 Å². The summed E-state index contributed by atoms with van der Waals surface area (Å²) in [6.45, 7) is 3.97. The summed E-state index contributed by atoms with van der Waals surface area (Å²) in [6.07, 6.45) is 2.38. The maximum Gasteiger partial charge on any atom is 0.222 e. The third kappa shape index (κ3) is 0.735. The van der Waals surface area contributed by atoms with Crippen LogP contribution in [0.3, 0.4) is 0 Å². The van der Waals surface area contributed by atoms with E-state index in [2.05, 4.69) is 17.1 Å². The van der Waals surface area contributed by atoms with Crippen molar-refractivity contribution in [3.8, 4) is 0 Å². The monoisotopic (exact) mass is 138 g/mol. The Kier molecular flexibility index (Phi) is 0.938. The molecule has 3 nitrogen and oxygen atoms in total. The molecule has 0 N–H and O–H groups in total. The number of rotatable bonds is 1. The number of nitrogens with zero attached hydrogens (tertiary/aromatic N) is 2. The fraction of sp³-hybridized carbons (Fsp3) is 0.714. The van der Waals surface area contributed by atoms with E-state index in [-0.39, 0.29) is 5.41 Å². The molecule has 0 bridgehead atoms. The maximum absolute atomic E-state index is 5.29. The summed E-state index contributed by atoms with van der Waals surface area (Å²) >= 11 is 0. The van der Waals surface area contributed by atoms with Crippen molar-refractivity contribution in [2.45, 2.75) is 32.1 Å². The van der Waals surface area contributed by atoms with Crippen LogP contribution >= 0.6 is 0 Å². The normalized spacial score (nSPS) is 21.0. The number of aromatic nitrogens is 2. The van der Waals surface area contributed by atoms with Crippen molar-refractivity contribution in [1.82, 2.24) is 10.2 Å². The van der Waals surface area contributed by atoms with E-state index in [0.717, 1.165) is 5.89 Å². The van der Waals surface area contributed by atoms with Gasteiger partial charge < -0.3 is 4.42 Å². The molecule has 1 aromatic heterocycles. The van der Waals surface area contributed by atoms with Crippen molar-refractivity contribution in [3.63, 3.8) is 0 Å². The van der Waals surface area contributed by atoms with Crippen LogP contribution in [0.4, 0.5) is 0 Å². The number of hydrogen-bond donors (Lipinski definition) is 0. The van der Waals surface area contributed by atoms with Gasteiger partial charge in [0.15, 0.2) is 0 Å². The van der Waals surface area contributed by atoms with E-state index < -0.39 is 0 Å². The minimum Gasteiger partial charge on any atom is -0.425 e. The van der Waals surface area contributed by atoms with Gasteiger partial charge in [0.25, 0.3) is 0 Å². The molecule has 1 saturated carbocycles. The van der Waals surface area contributed by atoms with Crippen LogP contribution in [-0.4, -0.2) is 10.2 Å². The third-order valence-electron chi connectivity index (χ3n) is 2.04. The lowest BCUT2D eigenvalue weighted by Gasteiger charge is -1.97. The van der Waals surface area contributed by atoms with Crippen LogP contribution in [0.2, 0.25) is 0 Å². The Bertz CT molecular complexity index is 250. The minimum absolute atomic E-state index is 0.223. The fourth-order valence-corrected chi connectivity index (χ4v) is 0.942. The molecule has 1 aromatic rings. The van der Waals surface area contributed by atoms with Crippen molar-refractivity contribution in [1.29, 1.82) is 0 Å². The lowest BCUT2D eigenvalue weighted by Crippen LogP contribution is -1.99. The van der Waals surface area contributed by atoms with E-state index in [0.29, 0.717) is 5.89 Å². The van der Waals surface area contributed by atoms with Crippen molar-refractivity contribution in [3.05, 3.63) is 11.8 Å². The summed E-state index contributed by atoms with van der Waals surface area (Å²) in [5.74, 6) is 1.48. The predicted octanol–water partition coefficient (Wildman–Crippen LogP) is 1.43. The SMILES string of the molecule is Cc1nnc(C2(C)CC2)o1. The van der Waals surface area contributed by atoms with E-state index in [4.69, 9.17) is 4.42 Å². The average Bonchev–Trinajstić information content (AvgIpc) is 2.45. The molecule has 0 aliphatic heterocycles. The summed E-state index contributed by atoms with van der Waals surface area (Å²) in [6, 6.07) is 0. The van der Waals surface area contributed by atoms with Crippen LogP contribution in [0.15, 0.2) is 4.42 Å². The van der Waals surface area contributed by atoms with Crippen LogP contribution in [0.25, 0.3) is 0 Å². The van der Waals surface area contributed by atoms with Gasteiger partial charge in [-0.3, -0.25) is 0 Å². The molecule has 0 spiro atoms. The molecule has 2 rings (SSSR count). The van der Waals surface area contributed by atoms with Gasteiger partial charge in [0, 0.05) is 12.3 Å². The highest BCUT2D eigenvalue weighted by molar-refractivity contribution is 5.11. The summed E-state index contributed by atoms with van der Waals surface area (Å²) in [4.78, 5) is 0. The molecule has 1 fully saturated rings. The molecule has 1 aliphatic carbocycles. The smallest absolute Gasteiger partial charge is 0.222 e. The molecule has 54 valence electrons. The lowest BCUT2D eigenvalue weighted by molar-refractivity contribution is 0.430. The van der Waals surface area contributed by atoms with Crippen molar-refractivity contribution >= 4 is 0 Å². The Balaban J connectivity index is 2.34. The second kappa shape index (κ2) is 1.59. The van der Waals surface area contributed by atoms with E-state index >= 15 is 0 Å². The van der Waals surface area contributed by atoms with E-state index in [1.807, 2.05) is 6.92 Å². The average molecular weight is 138 g/mol. The summed E-state index contributed by atoms with van der Waals surface area (Å²) in [7, 11) is 0. The van der Waals surface area contributed by atoms with Crippen molar-refractivity contribution in [2.75, 3.05) is 0 Å². The molecule has 1 aliphatic rings. The Morgan fingerprint density at radius 1 is 1.40 bits per heavy atom. The van der Waals surface area contributed by atoms with Gasteiger partial charge in [0.1, 0.15) is 0 Å². The predicted molar refractivity (Wildman–Crippen MR) is 35.6 cm³/mol. The zero-order valence-electron chi connectivity index (χ0n) is 6.22. The second-order valence-corrected chi connectivity index (χ2v) is 3.19. The van der Waals surface area contributed by atoms with Gasteiger partial charge in [0.2, 0.25) is 11.8 Å². The molecule has 0 radical (unpaired) electrons. The summed E-state index contributed by atoms with van der Waals surface area (Å²) in [5.41, 5.74) is 0.223. The lowest BCUT2D eigenvalue weighted by atomic mass is 10.1. The van der Waals surface area contributed by atoms with Crippen LogP contribution in [0, 0.1) is 6.92 Å². The minimum atomic E-state index is 0.223. The summed E-state index contributed by atoms with van der Waals surface area (Å²) in [5, 5.41) is 7.74. The van der Waals surface area contributed by atoms with Crippen molar-refractivity contribution in [2.24, 2.45) is 0 Å². The zero-order chi connectivity index (χ0) is 7.19. The first kappa shape index (κ1) is 5.89. The standard InChI is InChI=1S/C7H10N2O/c1-5-8-9-6(10-5)7(2)3-4-7/h3-4H2,1-2H3. The topological polar surface area (TPSA) is 38.9 Å². The van der Waals surface area contributed by atoms with Crippen LogP contribution in [-0.2, 0) is 5.41 Å². The molecule has 0 amide bonds. The Morgan fingerprint density at radius 2 is 2.10 bits per heavy atom. The fourth-order valence-electron chi connectivity index (χ4n) is 0.942. The zero-order valence-corrected chi connectivity index (χ0v) is 6.22. The molecule has 3 heteroatoms. The highest BCUT2D eigenvalue weighted by Crippen LogP contribution is 2.46. The van der Waals surface area contributed by atoms with Crippen LogP contribution < -0.4 is 0 Å². The first-order valence-corrected chi connectivity index (χ1v) is 3.51. The maximum atomic E-state index is 5.29. The highest BCUT2D eigenvalue weighted by atomic mass is 16.4. The highest BCUT2D eigenvalue weighted by Gasteiger charge is 2.44. The Morgan fingerprint density at radius 3 is 2.50 bits per heavy atom. The number of aryl methyl sites for hydroxylation is 1. The van der Waals surface area contributed by atoms with Gasteiger partial charge in [-0.15, -0.1) is 10.2 Å². The van der Waals surface area contributed by atoms with Gasteiger partial charge in [-0.05, 0) is 12.8 Å². The van der Waals surface area contributed by atoms with Gasteiger partial charge in [0.05, 0.1) is 0 Å². The number of hydrogen-bond acceptors (Lipinski definition) is 3. The second-order valence-electron chi connectivity index (χ2n) is 3.19. The van der Waals surface area contributed by atoms with Gasteiger partial charge in [-0.25, -0.2) is 0 Å². The van der Waals surface area contributed by atoms with Crippen LogP contribution in [0.5, 0.6) is 0 Å². The third-order valence-corrected chi connectivity index (χ3v) is 2.04. The van der Waals surface area contributed by atoms with Crippen LogP contribution in [0.1, 0.15) is 31.5 Å². The van der Waals surface area contributed by atoms with Gasteiger partial charge in [-0.1, -0.05) is 6.92 Å². The van der Waals surface area contributed by atoms with E-state index in [9.17, 15) is 0 Å². The molecular formula is C7H10N2O. The Labute approximate surface area is 59.5 Å². The largest absolute Gasteiger partial charge is 0.425 e. The molecule has 0 unspecified atom stereocenters. The molecule has 1 heterocycles. The van der Waals surface area contributed by atoms with Gasteiger partial charge >= 0.3 is 0 Å². The molecule has 0 aromatic carbocycles. The Hall–Kier alpha value is -0.860.